The number of imidazole rings is 2. The molecule has 2 aliphatic heterocycles. The van der Waals surface area contributed by atoms with E-state index >= 15 is 13.3 Å². The first kappa shape index (κ1) is 45.4. The summed E-state index contributed by atoms with van der Waals surface area (Å²) < 4.78 is 109. The van der Waals surface area contributed by atoms with E-state index in [2.05, 4.69) is 29.9 Å². The number of aromatic amines is 1. The third-order valence-electron chi connectivity index (χ3n) is 9.43. The van der Waals surface area contributed by atoms with E-state index in [9.17, 15) is 19.0 Å². The van der Waals surface area contributed by atoms with E-state index in [0.717, 1.165) is 24.3 Å². The molecule has 6 heterocycles. The topological polar surface area (TPSA) is 304 Å². The molecule has 23 nitrogen and oxygen atoms in total. The number of carbonyl (C=O) groups excluding carboxylic acids is 1. The van der Waals surface area contributed by atoms with Gasteiger partial charge in [0.15, 0.2) is 47.4 Å². The fourth-order valence-corrected chi connectivity index (χ4v) is 10.3. The highest BCUT2D eigenvalue weighted by Crippen LogP contribution is 2.65. The van der Waals surface area contributed by atoms with Gasteiger partial charge in [0, 0.05) is 12.9 Å². The average molecular weight is 931 g/mol. The Labute approximate surface area is 353 Å². The number of rotatable bonds is 9. The summed E-state index contributed by atoms with van der Waals surface area (Å²) in [5.74, 6) is -0.607. The number of alkyl halides is 2. The maximum Gasteiger partial charge on any atom is 0.391 e. The lowest BCUT2D eigenvalue weighted by atomic mass is 9.98. The Morgan fingerprint density at radius 1 is 1.00 bits per heavy atom. The molecule has 28 heteroatoms. The van der Waals surface area contributed by atoms with E-state index in [-0.39, 0.29) is 46.6 Å². The van der Waals surface area contributed by atoms with E-state index in [1.165, 1.54) is 10.9 Å². The van der Waals surface area contributed by atoms with Crippen LogP contribution < -0.4 is 21.8 Å². The van der Waals surface area contributed by atoms with Crippen LogP contribution in [0, 0.1) is 5.41 Å². The summed E-state index contributed by atoms with van der Waals surface area (Å²) in [6.45, 7) is -1.65. The molecule has 0 spiro atoms. The molecule has 1 aromatic carbocycles. The Morgan fingerprint density at radius 3 is 2.42 bits per heavy atom. The number of halogens is 2. The molecule has 2 fully saturated rings. The highest BCUT2D eigenvalue weighted by atomic mass is 32.7. The lowest BCUT2D eigenvalue weighted by Crippen LogP contribution is -2.38. The van der Waals surface area contributed by atoms with Crippen molar-refractivity contribution in [2.24, 2.45) is 5.41 Å². The second-order valence-corrected chi connectivity index (χ2v) is 20.7. The fourth-order valence-electron chi connectivity index (χ4n) is 6.18. The van der Waals surface area contributed by atoms with Gasteiger partial charge in [-0.3, -0.25) is 37.3 Å². The third-order valence-corrected chi connectivity index (χ3v) is 14.1. The summed E-state index contributed by atoms with van der Waals surface area (Å²) in [5.41, 5.74) is 10.4. The van der Waals surface area contributed by atoms with E-state index in [1.807, 2.05) is 0 Å². The maximum absolute atomic E-state index is 17.0. The molecule has 62 heavy (non-hydrogen) atoms. The number of esters is 1. The third kappa shape index (κ3) is 9.94. The molecule has 0 saturated carbocycles. The molecular weight excluding hydrogens is 888 g/mol. The van der Waals surface area contributed by atoms with Crippen molar-refractivity contribution in [3.8, 4) is 5.75 Å². The van der Waals surface area contributed by atoms with E-state index in [1.54, 1.807) is 45.0 Å². The Morgan fingerprint density at radius 2 is 1.71 bits per heavy atom. The van der Waals surface area contributed by atoms with Crippen molar-refractivity contribution in [2.45, 2.75) is 69.6 Å². The van der Waals surface area contributed by atoms with Crippen LogP contribution in [0.2, 0.25) is 0 Å². The summed E-state index contributed by atoms with van der Waals surface area (Å²) in [7, 11) is -3.70. The number of H-pyrrole nitrogens is 1. The van der Waals surface area contributed by atoms with Gasteiger partial charge in [0.1, 0.15) is 42.3 Å². The normalized spacial score (nSPS) is 29.0. The number of nitrogen functional groups attached to an aromatic ring is 2. The van der Waals surface area contributed by atoms with Gasteiger partial charge in [0.05, 0.1) is 31.3 Å². The van der Waals surface area contributed by atoms with Gasteiger partial charge >= 0.3 is 20.4 Å². The number of anilines is 2. The highest BCUT2D eigenvalue weighted by Gasteiger charge is 2.50. The number of methoxy groups -OCH3 is 1. The van der Waals surface area contributed by atoms with Crippen LogP contribution in [-0.4, -0.2) is 114 Å². The number of carbonyl (C=O) groups is 1. The molecule has 6 N–H and O–H groups in total. The van der Waals surface area contributed by atoms with Crippen LogP contribution in [0.25, 0.3) is 22.3 Å². The first-order valence-corrected chi connectivity index (χ1v) is 23.4. The van der Waals surface area contributed by atoms with Gasteiger partial charge in [0.25, 0.3) is 5.56 Å². The second kappa shape index (κ2) is 18.2. The van der Waals surface area contributed by atoms with Crippen molar-refractivity contribution in [1.82, 2.24) is 39.0 Å². The largest absolute Gasteiger partial charge is 0.457 e. The zero-order chi connectivity index (χ0) is 44.6. The molecule has 2 unspecified atom stereocenters. The minimum atomic E-state index is -4.78. The molecule has 0 aliphatic carbocycles. The number of nitrogens with zero attached hydrogens (tertiary/aromatic N) is 7. The van der Waals surface area contributed by atoms with Crippen molar-refractivity contribution < 1.29 is 64.9 Å². The zero-order valence-electron chi connectivity index (χ0n) is 33.3. The van der Waals surface area contributed by atoms with Crippen molar-refractivity contribution in [3.05, 3.63) is 59.2 Å². The van der Waals surface area contributed by atoms with Crippen LogP contribution in [0.15, 0.2) is 48.0 Å². The fraction of sp³-hybridized carbons (Fsp3) is 0.500. The summed E-state index contributed by atoms with van der Waals surface area (Å²) in [6.07, 6.45) is -10.8. The van der Waals surface area contributed by atoms with E-state index < -0.39 is 94.0 Å². The van der Waals surface area contributed by atoms with Gasteiger partial charge < -0.3 is 44.6 Å². The molecular formula is C34H42F2N10O13P2S. The summed E-state index contributed by atoms with van der Waals surface area (Å²) in [4.78, 5) is 58.2. The SMILES string of the molecule is CO[C@@H]1COP(=O)(O)CO[C@H]2[C@@H](F)[C@H](n3cnc4c(N)ncnc43)O[C@@H]2COP(=O)(SCc2ccc(OCOC(=O)C(C)(C)C)cc2)O[C@@H](n2cnc3c(=O)[nH]c(N)nc32)[C@@H]1F. The van der Waals surface area contributed by atoms with E-state index in [4.69, 9.17) is 48.7 Å². The smallest absolute Gasteiger partial charge is 0.391 e. The van der Waals surface area contributed by atoms with E-state index in [0.29, 0.717) is 22.7 Å². The lowest BCUT2D eigenvalue weighted by Gasteiger charge is -2.32. The Balaban J connectivity index is 1.22. The van der Waals surface area contributed by atoms with Crippen molar-refractivity contribution in [2.75, 3.05) is 44.9 Å². The van der Waals surface area contributed by atoms with Crippen LogP contribution >= 0.6 is 25.8 Å². The molecule has 336 valence electrons. The summed E-state index contributed by atoms with van der Waals surface area (Å²) in [6, 6.07) is 6.35. The van der Waals surface area contributed by atoms with Crippen LogP contribution in [0.1, 0.15) is 38.8 Å². The molecule has 7 rings (SSSR count). The highest BCUT2D eigenvalue weighted by molar-refractivity contribution is 8.54. The number of nitrogens with two attached hydrogens (primary N) is 2. The first-order chi connectivity index (χ1) is 29.4. The lowest BCUT2D eigenvalue weighted by molar-refractivity contribution is -0.159. The predicted octanol–water partition coefficient (Wildman–Crippen LogP) is 3.77. The van der Waals surface area contributed by atoms with Crippen LogP contribution in [-0.2, 0) is 52.2 Å². The minimum Gasteiger partial charge on any atom is -0.457 e. The van der Waals surface area contributed by atoms with Gasteiger partial charge in [-0.25, -0.2) is 33.3 Å². The zero-order valence-corrected chi connectivity index (χ0v) is 35.9. The number of fused-ring (bicyclic) bond motifs is 3. The minimum absolute atomic E-state index is 0.000795. The Bertz CT molecular complexity index is 2560. The number of nitrogens with one attached hydrogen (secondary N) is 1. The Hall–Kier alpha value is -4.62. The van der Waals surface area contributed by atoms with Gasteiger partial charge in [-0.1, -0.05) is 12.1 Å². The second-order valence-electron chi connectivity index (χ2n) is 14.9. The van der Waals surface area contributed by atoms with Crippen LogP contribution in [0.4, 0.5) is 20.5 Å². The number of aromatic nitrogens is 8. The van der Waals surface area contributed by atoms with Crippen molar-refractivity contribution in [1.29, 1.82) is 0 Å². The predicted molar refractivity (Wildman–Crippen MR) is 215 cm³/mol. The number of hydrogen-bond donors (Lipinski definition) is 4. The van der Waals surface area contributed by atoms with Gasteiger partial charge in [-0.15, -0.1) is 0 Å². The Kier molecular flexibility index (Phi) is 13.4. The molecule has 5 aromatic rings. The van der Waals surface area contributed by atoms with Crippen LogP contribution in [0.5, 0.6) is 5.75 Å². The first-order valence-electron chi connectivity index (χ1n) is 18.5. The molecule has 0 radical (unpaired) electrons. The monoisotopic (exact) mass is 930 g/mol. The molecule has 2 aliphatic rings. The van der Waals surface area contributed by atoms with Gasteiger partial charge in [-0.05, 0) is 49.8 Å². The molecule has 2 saturated heterocycles. The standard InChI is InChI=1S/C34H42F2N10O13P2S/c1-34(2,3)32(48)54-15-53-18-7-5-17(6-8-18)11-62-61(51)57-10-20-25(22(36)30(58-20)45-13-41-23-26(37)39-12-40-27(23)45)55-16-60(49,50)56-9-19(52-4)21(35)31(59-61)46-14-42-24-28(46)43-33(38)44-29(24)47/h5-8,12-14,19-22,25,30-31H,9-11,15-16H2,1-4H3,(H,49,50)(H2,37,39,40)(H3,38,43,44,47)/t19-,20-,21-,22-,25-,30-,31-,61?/m1/s1. The number of benzene rings is 1. The number of hydrogen-bond acceptors (Lipinski definition) is 20. The summed E-state index contributed by atoms with van der Waals surface area (Å²) in [5, 5.41) is 0. The maximum atomic E-state index is 17.0. The van der Waals surface area contributed by atoms with Gasteiger partial charge in [0.2, 0.25) is 12.7 Å². The molecule has 4 aromatic heterocycles. The average Bonchev–Trinajstić information content (AvgIpc) is 3.93. The van der Waals surface area contributed by atoms with Gasteiger partial charge in [-0.2, -0.15) is 4.98 Å². The molecule has 0 amide bonds. The summed E-state index contributed by atoms with van der Waals surface area (Å²) >= 11 is 0.598. The number of ether oxygens (including phenoxy) is 5. The molecule has 0 bridgehead atoms. The quantitative estimate of drug-likeness (QED) is 0.0929. The van der Waals surface area contributed by atoms with Crippen LogP contribution in [0.3, 0.4) is 0 Å². The van der Waals surface area contributed by atoms with Crippen molar-refractivity contribution in [3.63, 3.8) is 0 Å². The molecule has 9 atom stereocenters. The van der Waals surface area contributed by atoms with Crippen molar-refractivity contribution >= 4 is 65.8 Å².